The maximum Gasteiger partial charge on any atom is 0.270 e. The van der Waals surface area contributed by atoms with Crippen LogP contribution >= 0.6 is 0 Å². The molecule has 0 aromatic heterocycles. The molecule has 0 aliphatic rings. The van der Waals surface area contributed by atoms with Crippen LogP contribution in [0, 0.1) is 10.1 Å². The van der Waals surface area contributed by atoms with Crippen LogP contribution in [0.25, 0.3) is 0 Å². The van der Waals surface area contributed by atoms with E-state index < -0.39 is 17.0 Å². The number of nitro benzene ring substituents is 1. The van der Waals surface area contributed by atoms with Gasteiger partial charge in [0.15, 0.2) is 6.10 Å². The number of nitrogens with zero attached hydrogens (tertiary/aromatic N) is 2. The van der Waals surface area contributed by atoms with Crippen LogP contribution in [0.15, 0.2) is 29.4 Å². The van der Waals surface area contributed by atoms with Crippen molar-refractivity contribution in [1.29, 1.82) is 0 Å². The fourth-order valence-corrected chi connectivity index (χ4v) is 0.944. The minimum atomic E-state index is -1.39. The molecule has 0 aliphatic heterocycles. The van der Waals surface area contributed by atoms with Gasteiger partial charge in [0.25, 0.3) is 5.69 Å². The molecule has 7 nitrogen and oxygen atoms in total. The molecule has 1 atom stereocenters. The van der Waals surface area contributed by atoms with E-state index in [-0.39, 0.29) is 5.69 Å². The second-order valence-electron chi connectivity index (χ2n) is 3.15. The van der Waals surface area contributed by atoms with Crippen molar-refractivity contribution in [3.8, 4) is 0 Å². The van der Waals surface area contributed by atoms with E-state index in [4.69, 9.17) is 0 Å². The van der Waals surface area contributed by atoms with E-state index in [0.717, 1.165) is 0 Å². The molecule has 1 unspecified atom stereocenters. The molecule has 0 saturated heterocycles. The number of hydrogen-bond acceptors (Lipinski definition) is 6. The summed E-state index contributed by atoms with van der Waals surface area (Å²) >= 11 is 0. The van der Waals surface area contributed by atoms with Crippen molar-refractivity contribution in [1.82, 2.24) is 0 Å². The predicted octanol–water partition coefficient (Wildman–Crippen LogP) is 0.0837. The van der Waals surface area contributed by atoms with Gasteiger partial charge in [-0.3, -0.25) is 10.1 Å². The summed E-state index contributed by atoms with van der Waals surface area (Å²) in [6.45, 7) is 1.26. The monoisotopic (exact) mass is 237 g/mol. The maximum absolute atomic E-state index is 10.5. The van der Waals surface area contributed by atoms with E-state index >= 15 is 0 Å². The van der Waals surface area contributed by atoms with Crippen molar-refractivity contribution in [2.75, 3.05) is 0 Å². The molecule has 7 heteroatoms. The number of non-ortho nitro benzene ring substituents is 1. The van der Waals surface area contributed by atoms with E-state index in [9.17, 15) is 20.0 Å². The summed E-state index contributed by atoms with van der Waals surface area (Å²) in [6.07, 6.45) is 0.0110. The molecular weight excluding hydrogens is 228 g/mol. The number of carbonyl (C=O) groups excluding carboxylic acids is 1. The molecule has 90 valence electrons. The van der Waals surface area contributed by atoms with Gasteiger partial charge in [-0.15, -0.1) is 0 Å². The van der Waals surface area contributed by atoms with Gasteiger partial charge >= 0.3 is 0 Å². The molecular formula is C10H9N2O5-. The maximum atomic E-state index is 10.5. The minimum absolute atomic E-state index is 0.0816. The summed E-state index contributed by atoms with van der Waals surface area (Å²) in [4.78, 5) is 24.8. The average Bonchev–Trinajstić information content (AvgIpc) is 2.29. The van der Waals surface area contributed by atoms with Gasteiger partial charge in [-0.25, -0.2) is 0 Å². The van der Waals surface area contributed by atoms with Crippen molar-refractivity contribution in [2.45, 2.75) is 13.0 Å². The Kier molecular flexibility index (Phi) is 4.15. The summed E-state index contributed by atoms with van der Waals surface area (Å²) in [5, 5.41) is 24.1. The summed E-state index contributed by atoms with van der Waals surface area (Å²) in [7, 11) is 0. The Balaban J connectivity index is 2.68. The summed E-state index contributed by atoms with van der Waals surface area (Å²) in [5.74, 6) is -1.39. The van der Waals surface area contributed by atoms with Crippen molar-refractivity contribution in [3.05, 3.63) is 39.9 Å². The molecule has 0 aliphatic carbocycles. The SMILES string of the molecule is CC(O/N=C/c1cccc([N+](=O)[O-])c1)C(=O)[O-]. The third-order valence-electron chi connectivity index (χ3n) is 1.83. The highest BCUT2D eigenvalue weighted by molar-refractivity contribution is 5.80. The number of oxime groups is 1. The zero-order valence-corrected chi connectivity index (χ0v) is 8.90. The Morgan fingerprint density at radius 2 is 2.29 bits per heavy atom. The molecule has 1 aromatic rings. The molecule has 0 heterocycles. The first-order chi connectivity index (χ1) is 8.00. The van der Waals surface area contributed by atoms with Crippen LogP contribution in [-0.2, 0) is 9.63 Å². The molecule has 0 N–H and O–H groups in total. The van der Waals surface area contributed by atoms with Gasteiger partial charge in [0.2, 0.25) is 0 Å². The summed E-state index contributed by atoms with van der Waals surface area (Å²) in [6, 6.07) is 5.68. The highest BCUT2D eigenvalue weighted by Gasteiger charge is 2.04. The lowest BCUT2D eigenvalue weighted by Gasteiger charge is -2.08. The van der Waals surface area contributed by atoms with Crippen molar-refractivity contribution in [2.24, 2.45) is 5.16 Å². The van der Waals surface area contributed by atoms with Crippen LogP contribution in [0.1, 0.15) is 12.5 Å². The van der Waals surface area contributed by atoms with Gasteiger partial charge in [-0.05, 0) is 6.92 Å². The normalized spacial score (nSPS) is 12.3. The molecule has 0 amide bonds. The van der Waals surface area contributed by atoms with E-state index in [1.165, 1.54) is 31.3 Å². The standard InChI is InChI=1S/C10H10N2O5/c1-7(10(13)14)17-11-6-8-3-2-4-9(5-8)12(15)16/h2-7H,1H3,(H,13,14)/p-1/b11-6+. The Morgan fingerprint density at radius 1 is 1.59 bits per heavy atom. The largest absolute Gasteiger partial charge is 0.546 e. The topological polar surface area (TPSA) is 105 Å². The molecule has 0 fully saturated rings. The van der Waals surface area contributed by atoms with Gasteiger partial charge in [0.05, 0.1) is 17.1 Å². The van der Waals surface area contributed by atoms with Crippen LogP contribution < -0.4 is 5.11 Å². The second-order valence-corrected chi connectivity index (χ2v) is 3.15. The third kappa shape index (κ3) is 3.90. The average molecular weight is 237 g/mol. The highest BCUT2D eigenvalue weighted by Crippen LogP contribution is 2.11. The minimum Gasteiger partial charge on any atom is -0.546 e. The van der Waals surface area contributed by atoms with Crippen molar-refractivity contribution < 1.29 is 19.7 Å². The fourth-order valence-electron chi connectivity index (χ4n) is 0.944. The van der Waals surface area contributed by atoms with Gasteiger partial charge in [0, 0.05) is 17.7 Å². The molecule has 17 heavy (non-hydrogen) atoms. The quantitative estimate of drug-likeness (QED) is 0.409. The molecule has 0 saturated carbocycles. The van der Waals surface area contributed by atoms with Crippen molar-refractivity contribution >= 4 is 17.9 Å². The number of aliphatic carboxylic acids is 1. The van der Waals surface area contributed by atoms with E-state index in [2.05, 4.69) is 9.99 Å². The Bertz CT molecular complexity index is 458. The fraction of sp³-hybridized carbons (Fsp3) is 0.200. The number of carbonyl (C=O) groups is 1. The first-order valence-corrected chi connectivity index (χ1v) is 4.65. The van der Waals surface area contributed by atoms with E-state index in [0.29, 0.717) is 5.56 Å². The van der Waals surface area contributed by atoms with Crippen LogP contribution in [-0.4, -0.2) is 23.2 Å². The number of nitro groups is 1. The zero-order chi connectivity index (χ0) is 12.8. The summed E-state index contributed by atoms with van der Waals surface area (Å²) < 4.78 is 0. The molecule has 0 bridgehead atoms. The summed E-state index contributed by atoms with van der Waals surface area (Å²) in [5.41, 5.74) is 0.353. The predicted molar refractivity (Wildman–Crippen MR) is 56.2 cm³/mol. The van der Waals surface area contributed by atoms with Gasteiger partial charge in [-0.2, -0.15) is 0 Å². The van der Waals surface area contributed by atoms with Crippen LogP contribution in [0.4, 0.5) is 5.69 Å². The lowest BCUT2D eigenvalue weighted by Crippen LogP contribution is -2.34. The number of carboxylic acid groups (broad SMARTS) is 1. The molecule has 1 rings (SSSR count). The first kappa shape index (κ1) is 12.6. The lowest BCUT2D eigenvalue weighted by molar-refractivity contribution is -0.384. The van der Waals surface area contributed by atoms with E-state index in [1.807, 2.05) is 0 Å². The second kappa shape index (κ2) is 5.59. The third-order valence-corrected chi connectivity index (χ3v) is 1.83. The van der Waals surface area contributed by atoms with Crippen molar-refractivity contribution in [3.63, 3.8) is 0 Å². The van der Waals surface area contributed by atoms with Gasteiger partial charge in [-0.1, -0.05) is 17.3 Å². The number of hydrogen-bond donors (Lipinski definition) is 0. The molecule has 0 spiro atoms. The number of rotatable bonds is 5. The van der Waals surface area contributed by atoms with E-state index in [1.54, 1.807) is 6.07 Å². The van der Waals surface area contributed by atoms with Crippen LogP contribution in [0.5, 0.6) is 0 Å². The molecule has 0 radical (unpaired) electrons. The van der Waals surface area contributed by atoms with Gasteiger partial charge < -0.3 is 14.7 Å². The number of carboxylic acids is 1. The Hall–Kier alpha value is -2.44. The first-order valence-electron chi connectivity index (χ1n) is 4.65. The number of benzene rings is 1. The lowest BCUT2D eigenvalue weighted by atomic mass is 10.2. The molecule has 1 aromatic carbocycles. The van der Waals surface area contributed by atoms with Crippen LogP contribution in [0.3, 0.4) is 0 Å². The van der Waals surface area contributed by atoms with Crippen LogP contribution in [0.2, 0.25) is 0 Å². The Morgan fingerprint density at radius 3 is 2.88 bits per heavy atom. The smallest absolute Gasteiger partial charge is 0.270 e. The highest BCUT2D eigenvalue weighted by atomic mass is 16.6. The van der Waals surface area contributed by atoms with Gasteiger partial charge in [0.1, 0.15) is 0 Å². The zero-order valence-electron chi connectivity index (χ0n) is 8.90. The Labute approximate surface area is 96.5 Å².